The smallest absolute Gasteiger partial charge is 0.224 e. The number of amides is 1. The van der Waals surface area contributed by atoms with E-state index in [1.807, 2.05) is 16.8 Å². The van der Waals surface area contributed by atoms with Crippen LogP contribution in [0.25, 0.3) is 5.65 Å². The van der Waals surface area contributed by atoms with Crippen LogP contribution < -0.4 is 16.4 Å². The van der Waals surface area contributed by atoms with Crippen LogP contribution in [0.5, 0.6) is 0 Å². The highest BCUT2D eigenvalue weighted by atomic mass is 16.1. The van der Waals surface area contributed by atoms with E-state index < -0.39 is 5.41 Å². The molecule has 0 radical (unpaired) electrons. The normalized spacial score (nSPS) is 11.6. The molecular formula is C14H22N6O. The van der Waals surface area contributed by atoms with Crippen molar-refractivity contribution < 1.29 is 4.79 Å². The third kappa shape index (κ3) is 3.42. The molecule has 0 saturated heterocycles. The number of nitrogens with zero attached hydrogens (tertiary/aromatic N) is 3. The van der Waals surface area contributed by atoms with Gasteiger partial charge in [0.2, 0.25) is 5.91 Å². The van der Waals surface area contributed by atoms with Gasteiger partial charge in [-0.25, -0.2) is 9.97 Å². The van der Waals surface area contributed by atoms with Gasteiger partial charge in [0, 0.05) is 25.5 Å². The number of carbonyl (C=O) groups is 1. The summed E-state index contributed by atoms with van der Waals surface area (Å²) in [7, 11) is 0. The number of fused-ring (bicyclic) bond motifs is 1. The van der Waals surface area contributed by atoms with Gasteiger partial charge in [0.15, 0.2) is 11.5 Å². The molecule has 2 aromatic rings. The van der Waals surface area contributed by atoms with E-state index in [-0.39, 0.29) is 5.91 Å². The Morgan fingerprint density at radius 1 is 1.43 bits per heavy atom. The van der Waals surface area contributed by atoms with Gasteiger partial charge in [-0.05, 0) is 20.3 Å². The Balaban J connectivity index is 2.24. The topological polar surface area (TPSA) is 97.3 Å². The Morgan fingerprint density at radius 3 is 2.86 bits per heavy atom. The first kappa shape index (κ1) is 15.1. The molecule has 0 saturated carbocycles. The first-order valence-corrected chi connectivity index (χ1v) is 7.05. The van der Waals surface area contributed by atoms with Crippen LogP contribution in [0.2, 0.25) is 0 Å². The number of imidazole rings is 1. The zero-order valence-corrected chi connectivity index (χ0v) is 12.7. The van der Waals surface area contributed by atoms with E-state index in [0.717, 1.165) is 24.4 Å². The molecule has 0 aliphatic carbocycles. The average molecular weight is 290 g/mol. The summed E-state index contributed by atoms with van der Waals surface area (Å²) in [6, 6.07) is 0. The zero-order valence-electron chi connectivity index (χ0n) is 12.7. The summed E-state index contributed by atoms with van der Waals surface area (Å²) in [5.74, 6) is 1.05. The van der Waals surface area contributed by atoms with E-state index in [4.69, 9.17) is 5.73 Å². The van der Waals surface area contributed by atoms with Crippen LogP contribution in [0.4, 0.5) is 11.6 Å². The second kappa shape index (κ2) is 5.99. The summed E-state index contributed by atoms with van der Waals surface area (Å²) in [5.41, 5.74) is 5.46. The second-order valence-corrected chi connectivity index (χ2v) is 5.66. The fourth-order valence-electron chi connectivity index (χ4n) is 1.78. The number of hydrogen-bond acceptors (Lipinski definition) is 5. The number of primary amides is 1. The SMILES string of the molecule is CCCNc1cn2ccnc2c(NCC(C)(C)C(N)=O)n1. The molecule has 2 aromatic heterocycles. The molecule has 1 amide bonds. The quantitative estimate of drug-likeness (QED) is 0.717. The predicted octanol–water partition coefficient (Wildman–Crippen LogP) is 1.47. The van der Waals surface area contributed by atoms with Crippen LogP contribution in [0, 0.1) is 5.41 Å². The summed E-state index contributed by atoms with van der Waals surface area (Å²) in [5, 5.41) is 6.42. The molecule has 0 aliphatic rings. The number of nitrogens with one attached hydrogen (secondary N) is 2. The molecule has 0 aromatic carbocycles. The number of nitrogens with two attached hydrogens (primary N) is 1. The molecule has 0 unspecified atom stereocenters. The molecule has 0 spiro atoms. The lowest BCUT2D eigenvalue weighted by Gasteiger charge is -2.21. The molecule has 2 rings (SSSR count). The molecule has 0 fully saturated rings. The number of anilines is 2. The standard InChI is InChI=1S/C14H22N6O/c1-4-5-16-10-8-20-7-6-17-12(20)11(19-10)18-9-14(2,3)13(15)21/h6-8,16H,4-5,9H2,1-3H3,(H2,15,21)(H,18,19). The van der Waals surface area contributed by atoms with Crippen molar-refractivity contribution in [2.45, 2.75) is 27.2 Å². The van der Waals surface area contributed by atoms with Crippen molar-refractivity contribution in [1.29, 1.82) is 0 Å². The third-order valence-electron chi connectivity index (χ3n) is 3.30. The van der Waals surface area contributed by atoms with Crippen molar-refractivity contribution >= 4 is 23.2 Å². The van der Waals surface area contributed by atoms with Crippen molar-refractivity contribution in [2.75, 3.05) is 23.7 Å². The molecule has 7 nitrogen and oxygen atoms in total. The van der Waals surface area contributed by atoms with Gasteiger partial charge in [0.1, 0.15) is 5.82 Å². The fraction of sp³-hybridized carbons (Fsp3) is 0.500. The summed E-state index contributed by atoms with van der Waals surface area (Å²) >= 11 is 0. The van der Waals surface area contributed by atoms with Gasteiger partial charge in [-0.15, -0.1) is 0 Å². The average Bonchev–Trinajstić information content (AvgIpc) is 2.90. The van der Waals surface area contributed by atoms with E-state index in [9.17, 15) is 4.79 Å². The van der Waals surface area contributed by atoms with E-state index in [1.54, 1.807) is 20.0 Å². The third-order valence-corrected chi connectivity index (χ3v) is 3.30. The maximum Gasteiger partial charge on any atom is 0.224 e. The number of rotatable bonds is 7. The van der Waals surface area contributed by atoms with Gasteiger partial charge in [-0.3, -0.25) is 4.79 Å². The minimum atomic E-state index is -0.655. The van der Waals surface area contributed by atoms with Crippen molar-refractivity contribution in [2.24, 2.45) is 11.1 Å². The Bertz CT molecular complexity index is 633. The monoisotopic (exact) mass is 290 g/mol. The van der Waals surface area contributed by atoms with Crippen molar-refractivity contribution in [3.63, 3.8) is 0 Å². The fourth-order valence-corrected chi connectivity index (χ4v) is 1.78. The number of hydrogen-bond donors (Lipinski definition) is 3. The van der Waals surface area contributed by atoms with Crippen LogP contribution in [-0.4, -0.2) is 33.4 Å². The van der Waals surface area contributed by atoms with Gasteiger partial charge in [-0.2, -0.15) is 0 Å². The van der Waals surface area contributed by atoms with Crippen LogP contribution in [-0.2, 0) is 4.79 Å². The highest BCUT2D eigenvalue weighted by Gasteiger charge is 2.25. The molecule has 0 atom stereocenters. The van der Waals surface area contributed by atoms with Crippen LogP contribution in [0.1, 0.15) is 27.2 Å². The second-order valence-electron chi connectivity index (χ2n) is 5.66. The predicted molar refractivity (Wildman–Crippen MR) is 83.2 cm³/mol. The molecule has 2 heterocycles. The van der Waals surface area contributed by atoms with E-state index in [2.05, 4.69) is 27.5 Å². The number of carbonyl (C=O) groups excluding carboxylic acids is 1. The lowest BCUT2D eigenvalue weighted by Crippen LogP contribution is -2.37. The first-order chi connectivity index (χ1) is 9.94. The largest absolute Gasteiger partial charge is 0.369 e. The van der Waals surface area contributed by atoms with Gasteiger partial charge in [0.05, 0.1) is 11.6 Å². The molecule has 4 N–H and O–H groups in total. The van der Waals surface area contributed by atoms with Gasteiger partial charge in [-0.1, -0.05) is 6.92 Å². The lowest BCUT2D eigenvalue weighted by molar-refractivity contribution is -0.125. The molecule has 7 heteroatoms. The maximum atomic E-state index is 11.4. The summed E-state index contributed by atoms with van der Waals surface area (Å²) in [6.07, 6.45) is 6.48. The van der Waals surface area contributed by atoms with E-state index in [0.29, 0.717) is 12.4 Å². The highest BCUT2D eigenvalue weighted by molar-refractivity contribution is 5.81. The zero-order chi connectivity index (χ0) is 15.5. The van der Waals surface area contributed by atoms with Crippen LogP contribution >= 0.6 is 0 Å². The van der Waals surface area contributed by atoms with Crippen molar-refractivity contribution in [3.8, 4) is 0 Å². The van der Waals surface area contributed by atoms with Gasteiger partial charge < -0.3 is 20.8 Å². The molecule has 21 heavy (non-hydrogen) atoms. The Labute approximate surface area is 124 Å². The Morgan fingerprint density at radius 2 is 2.19 bits per heavy atom. The molecule has 0 aliphatic heterocycles. The Hall–Kier alpha value is -2.31. The lowest BCUT2D eigenvalue weighted by atomic mass is 9.93. The maximum absolute atomic E-state index is 11.4. The van der Waals surface area contributed by atoms with Crippen molar-refractivity contribution in [3.05, 3.63) is 18.6 Å². The highest BCUT2D eigenvalue weighted by Crippen LogP contribution is 2.20. The van der Waals surface area contributed by atoms with Crippen LogP contribution in [0.15, 0.2) is 18.6 Å². The summed E-state index contributed by atoms with van der Waals surface area (Å²) in [6.45, 7) is 6.93. The van der Waals surface area contributed by atoms with Gasteiger partial charge >= 0.3 is 0 Å². The molecule has 114 valence electrons. The number of aromatic nitrogens is 3. The first-order valence-electron chi connectivity index (χ1n) is 7.05. The van der Waals surface area contributed by atoms with Crippen LogP contribution in [0.3, 0.4) is 0 Å². The summed E-state index contributed by atoms with van der Waals surface area (Å²) < 4.78 is 1.89. The molecular weight excluding hydrogens is 268 g/mol. The van der Waals surface area contributed by atoms with E-state index >= 15 is 0 Å². The van der Waals surface area contributed by atoms with Crippen molar-refractivity contribution in [1.82, 2.24) is 14.4 Å². The van der Waals surface area contributed by atoms with Gasteiger partial charge in [0.25, 0.3) is 0 Å². The molecule has 0 bridgehead atoms. The summed E-state index contributed by atoms with van der Waals surface area (Å²) in [4.78, 5) is 20.2. The Kier molecular flexibility index (Phi) is 4.30. The minimum absolute atomic E-state index is 0.352. The van der Waals surface area contributed by atoms with E-state index in [1.165, 1.54) is 0 Å². The minimum Gasteiger partial charge on any atom is -0.369 e.